The molecule has 1 aromatic heterocycles. The molecule has 0 radical (unpaired) electrons. The molecule has 17 heavy (non-hydrogen) atoms. The molecule has 10 heteroatoms. The van der Waals surface area contributed by atoms with Gasteiger partial charge in [0.1, 0.15) is 0 Å². The van der Waals surface area contributed by atoms with Crippen molar-refractivity contribution in [1.29, 1.82) is 0 Å². The largest absolute Gasteiger partial charge is 0.325 e. The Balaban J connectivity index is 0.00000144. The SMILES string of the molecule is Cl.O=c1[nH]cc(S(=O)(=O)NC2CNC2)c(=O)[nH]1. The fraction of sp³-hybridized carbons (Fsp3) is 0.429. The van der Waals surface area contributed by atoms with Crippen LogP contribution in [0.5, 0.6) is 0 Å². The first-order chi connectivity index (χ1) is 7.49. The second kappa shape index (κ2) is 5.00. The molecular formula is C7H11ClN4O4S. The van der Waals surface area contributed by atoms with Gasteiger partial charge in [0.2, 0.25) is 10.0 Å². The van der Waals surface area contributed by atoms with Gasteiger partial charge in [0.05, 0.1) is 0 Å². The molecule has 1 aliphatic rings. The minimum Gasteiger partial charge on any atom is -0.313 e. The highest BCUT2D eigenvalue weighted by atomic mass is 35.5. The fourth-order valence-corrected chi connectivity index (χ4v) is 2.49. The van der Waals surface area contributed by atoms with E-state index in [0.29, 0.717) is 13.1 Å². The van der Waals surface area contributed by atoms with Crippen LogP contribution < -0.4 is 21.3 Å². The molecule has 2 rings (SSSR count). The van der Waals surface area contributed by atoms with E-state index < -0.39 is 26.2 Å². The summed E-state index contributed by atoms with van der Waals surface area (Å²) in [7, 11) is -3.87. The van der Waals surface area contributed by atoms with Gasteiger partial charge in [0.25, 0.3) is 5.56 Å². The van der Waals surface area contributed by atoms with Crippen molar-refractivity contribution in [3.63, 3.8) is 0 Å². The predicted molar refractivity (Wildman–Crippen MR) is 61.9 cm³/mol. The summed E-state index contributed by atoms with van der Waals surface area (Å²) >= 11 is 0. The van der Waals surface area contributed by atoms with Crippen LogP contribution in [0.1, 0.15) is 0 Å². The van der Waals surface area contributed by atoms with E-state index in [1.54, 1.807) is 0 Å². The summed E-state index contributed by atoms with van der Waals surface area (Å²) in [6.45, 7) is 1.06. The molecule has 1 fully saturated rings. The van der Waals surface area contributed by atoms with Gasteiger partial charge in [-0.1, -0.05) is 0 Å². The molecule has 8 nitrogen and oxygen atoms in total. The van der Waals surface area contributed by atoms with Gasteiger partial charge < -0.3 is 10.3 Å². The Hall–Kier alpha value is -1.16. The first-order valence-corrected chi connectivity index (χ1v) is 6.02. The summed E-state index contributed by atoms with van der Waals surface area (Å²) < 4.78 is 25.7. The monoisotopic (exact) mass is 282 g/mol. The van der Waals surface area contributed by atoms with Crippen LogP contribution in [-0.2, 0) is 10.0 Å². The lowest BCUT2D eigenvalue weighted by Crippen LogP contribution is -2.57. The summed E-state index contributed by atoms with van der Waals surface area (Å²) in [4.78, 5) is 25.5. The molecule has 0 atom stereocenters. The molecule has 0 unspecified atom stereocenters. The van der Waals surface area contributed by atoms with Crippen molar-refractivity contribution in [3.05, 3.63) is 27.0 Å². The van der Waals surface area contributed by atoms with E-state index in [-0.39, 0.29) is 18.4 Å². The van der Waals surface area contributed by atoms with Crippen LogP contribution in [0.2, 0.25) is 0 Å². The van der Waals surface area contributed by atoms with Gasteiger partial charge >= 0.3 is 5.69 Å². The van der Waals surface area contributed by atoms with Crippen LogP contribution in [-0.4, -0.2) is 37.5 Å². The van der Waals surface area contributed by atoms with Gasteiger partial charge in [0.15, 0.2) is 4.90 Å². The van der Waals surface area contributed by atoms with Gasteiger partial charge in [-0.2, -0.15) is 0 Å². The summed E-state index contributed by atoms with van der Waals surface area (Å²) in [6.07, 6.45) is 0.885. The van der Waals surface area contributed by atoms with Crippen molar-refractivity contribution in [3.8, 4) is 0 Å². The minimum atomic E-state index is -3.87. The van der Waals surface area contributed by atoms with E-state index in [4.69, 9.17) is 0 Å². The number of H-pyrrole nitrogens is 2. The Labute approximate surface area is 102 Å². The van der Waals surface area contributed by atoms with E-state index in [1.165, 1.54) is 0 Å². The second-order valence-electron chi connectivity index (χ2n) is 3.41. The Morgan fingerprint density at radius 1 is 1.29 bits per heavy atom. The number of rotatable bonds is 3. The van der Waals surface area contributed by atoms with Gasteiger partial charge in [-0.3, -0.25) is 9.78 Å². The second-order valence-corrected chi connectivity index (χ2v) is 5.10. The van der Waals surface area contributed by atoms with E-state index in [9.17, 15) is 18.0 Å². The van der Waals surface area contributed by atoms with E-state index in [0.717, 1.165) is 6.20 Å². The Morgan fingerprint density at radius 3 is 2.41 bits per heavy atom. The lowest BCUT2D eigenvalue weighted by atomic mass is 10.2. The third kappa shape index (κ3) is 2.94. The summed E-state index contributed by atoms with van der Waals surface area (Å²) in [5.74, 6) is 0. The van der Waals surface area contributed by atoms with Crippen LogP contribution in [0.25, 0.3) is 0 Å². The van der Waals surface area contributed by atoms with E-state index >= 15 is 0 Å². The molecule has 0 saturated carbocycles. The van der Waals surface area contributed by atoms with Gasteiger partial charge in [-0.05, 0) is 0 Å². The highest BCUT2D eigenvalue weighted by Gasteiger charge is 2.26. The number of aromatic amines is 2. The third-order valence-electron chi connectivity index (χ3n) is 2.18. The molecule has 4 N–H and O–H groups in total. The van der Waals surface area contributed by atoms with Gasteiger partial charge in [-0.25, -0.2) is 17.9 Å². The zero-order valence-corrected chi connectivity index (χ0v) is 10.2. The van der Waals surface area contributed by atoms with Crippen molar-refractivity contribution in [2.24, 2.45) is 0 Å². The van der Waals surface area contributed by atoms with Crippen LogP contribution in [0.4, 0.5) is 0 Å². The molecule has 2 heterocycles. The van der Waals surface area contributed by atoms with Crippen LogP contribution in [0.3, 0.4) is 0 Å². The van der Waals surface area contributed by atoms with Gasteiger partial charge in [-0.15, -0.1) is 12.4 Å². The number of sulfonamides is 1. The fourth-order valence-electron chi connectivity index (χ4n) is 1.25. The standard InChI is InChI=1S/C7H10N4O4S.ClH/c12-6-5(3-9-7(13)10-6)16(14,15)11-4-1-8-2-4;/h3-4,8,11H,1-2H2,(H2,9,10,12,13);1H. The molecular weight excluding hydrogens is 272 g/mol. The highest BCUT2D eigenvalue weighted by molar-refractivity contribution is 7.89. The average molecular weight is 283 g/mol. The number of hydrogen-bond acceptors (Lipinski definition) is 5. The minimum absolute atomic E-state index is 0. The lowest BCUT2D eigenvalue weighted by Gasteiger charge is -2.27. The summed E-state index contributed by atoms with van der Waals surface area (Å²) in [5, 5.41) is 2.89. The highest BCUT2D eigenvalue weighted by Crippen LogP contribution is 2.02. The molecule has 96 valence electrons. The van der Waals surface area contributed by atoms with Crippen LogP contribution in [0.15, 0.2) is 20.7 Å². The van der Waals surface area contributed by atoms with Crippen molar-refractivity contribution in [1.82, 2.24) is 20.0 Å². The maximum absolute atomic E-state index is 11.7. The Bertz CT molecular complexity index is 603. The summed E-state index contributed by atoms with van der Waals surface area (Å²) in [5.41, 5.74) is -1.67. The molecule has 0 amide bonds. The Morgan fingerprint density at radius 2 is 1.94 bits per heavy atom. The van der Waals surface area contributed by atoms with Crippen LogP contribution in [0, 0.1) is 0 Å². The van der Waals surface area contributed by atoms with E-state index in [2.05, 4.69) is 15.0 Å². The maximum Gasteiger partial charge on any atom is 0.325 e. The predicted octanol–water partition coefficient (Wildman–Crippen LogP) is -2.26. The number of nitrogens with one attached hydrogen (secondary N) is 4. The molecule has 0 aliphatic carbocycles. The number of halogens is 1. The molecule has 1 aliphatic heterocycles. The third-order valence-corrected chi connectivity index (χ3v) is 3.70. The number of hydrogen-bond donors (Lipinski definition) is 4. The zero-order valence-electron chi connectivity index (χ0n) is 8.52. The van der Waals surface area contributed by atoms with Gasteiger partial charge in [0, 0.05) is 25.3 Å². The zero-order chi connectivity index (χ0) is 11.8. The summed E-state index contributed by atoms with van der Waals surface area (Å²) in [6, 6.07) is -0.212. The maximum atomic E-state index is 11.7. The van der Waals surface area contributed by atoms with Crippen molar-refractivity contribution < 1.29 is 8.42 Å². The normalized spacial score (nSPS) is 16.0. The molecule has 1 aromatic rings. The topological polar surface area (TPSA) is 124 Å². The quantitative estimate of drug-likeness (QED) is 0.498. The Kier molecular flexibility index (Phi) is 4.09. The van der Waals surface area contributed by atoms with Crippen molar-refractivity contribution in [2.75, 3.05) is 13.1 Å². The molecule has 0 aromatic carbocycles. The molecule has 1 saturated heterocycles. The lowest BCUT2D eigenvalue weighted by molar-refractivity contribution is 0.410. The average Bonchev–Trinajstić information content (AvgIpc) is 2.11. The van der Waals surface area contributed by atoms with Crippen molar-refractivity contribution in [2.45, 2.75) is 10.9 Å². The first kappa shape index (κ1) is 13.9. The van der Waals surface area contributed by atoms with Crippen molar-refractivity contribution >= 4 is 22.4 Å². The number of aromatic nitrogens is 2. The molecule has 0 spiro atoms. The first-order valence-electron chi connectivity index (χ1n) is 4.54. The smallest absolute Gasteiger partial charge is 0.313 e. The molecule has 0 bridgehead atoms. The van der Waals surface area contributed by atoms with E-state index in [1.807, 2.05) is 4.98 Å². The van der Waals surface area contributed by atoms with Crippen LogP contribution >= 0.6 is 12.4 Å².